The second-order valence-electron chi connectivity index (χ2n) is 12.5. The average molecular weight is 733 g/mol. The zero-order chi connectivity index (χ0) is 37.2. The van der Waals surface area contributed by atoms with Crippen molar-refractivity contribution < 1.29 is 70.8 Å². The molecule has 270 valence electrons. The Morgan fingerprint density at radius 3 is 1.56 bits per heavy atom. The van der Waals surface area contributed by atoms with Crippen LogP contribution in [0.1, 0.15) is 56.8 Å². The number of thioether (sulfide) groups is 1. The third kappa shape index (κ3) is 5.74. The Bertz CT molecular complexity index is 2150. The SMILES string of the molecule is Oc1cc(O)c2c(c1)O[C@H](c1cc(O)c(O)c(O)c1)[C@H](O)[C@H]2c1c(O)cc2c(c1O)[C@H](SCc1ccccc1)[C@@H](O)[C@@H](c1cc(O)c(O)c(O)c1)O2. The highest BCUT2D eigenvalue weighted by atomic mass is 32.2. The molecule has 0 radical (unpaired) electrons. The minimum absolute atomic E-state index is 0.0142. The van der Waals surface area contributed by atoms with E-state index >= 15 is 0 Å². The van der Waals surface area contributed by atoms with Crippen molar-refractivity contribution >= 4 is 11.8 Å². The molecule has 0 unspecified atom stereocenters. The predicted octanol–water partition coefficient (Wildman–Crippen LogP) is 4.84. The molecule has 2 heterocycles. The molecule has 0 amide bonds. The van der Waals surface area contributed by atoms with Crippen LogP contribution >= 0.6 is 11.8 Å². The van der Waals surface area contributed by atoms with Gasteiger partial charge in [-0.3, -0.25) is 0 Å². The summed E-state index contributed by atoms with van der Waals surface area (Å²) in [7, 11) is 0. The Morgan fingerprint density at radius 2 is 1.00 bits per heavy atom. The number of hydrogen-bond acceptors (Lipinski definition) is 15. The van der Waals surface area contributed by atoms with Crippen LogP contribution in [0.5, 0.6) is 69.0 Å². The summed E-state index contributed by atoms with van der Waals surface area (Å²) < 4.78 is 12.0. The highest BCUT2D eigenvalue weighted by Gasteiger charge is 2.47. The molecular weight excluding hydrogens is 700 g/mol. The Balaban J connectivity index is 1.40. The number of ether oxygens (including phenoxy) is 2. The van der Waals surface area contributed by atoms with Crippen molar-refractivity contribution in [1.29, 1.82) is 0 Å². The smallest absolute Gasteiger partial charge is 0.200 e. The third-order valence-corrected chi connectivity index (χ3v) is 10.6. The standard InChI is InChI=1S/C37H32O14S/c38-17-10-18(39)26-24(11-17)50-35(15-6-20(41)30(45)21(42)7-15)33(48)29(26)27-19(40)12-25-28(32(27)47)37(52-13-14-4-2-1-3-5-14)34(49)36(51-25)16-8-22(43)31(46)23(44)9-16/h1-12,29,33-49H,13H2/t29-,33-,34+,35-,36-,37+/m1/s1. The van der Waals surface area contributed by atoms with Gasteiger partial charge in [0.2, 0.25) is 0 Å². The molecule has 0 fully saturated rings. The molecule has 5 aromatic rings. The van der Waals surface area contributed by atoms with Crippen LogP contribution in [0.15, 0.2) is 72.8 Å². The van der Waals surface area contributed by atoms with Crippen LogP contribution in [-0.2, 0) is 5.75 Å². The van der Waals surface area contributed by atoms with E-state index < -0.39 is 93.1 Å². The van der Waals surface area contributed by atoms with Crippen LogP contribution in [0.2, 0.25) is 0 Å². The molecule has 12 N–H and O–H groups in total. The predicted molar refractivity (Wildman–Crippen MR) is 183 cm³/mol. The van der Waals surface area contributed by atoms with Crippen molar-refractivity contribution in [3.8, 4) is 69.0 Å². The van der Waals surface area contributed by atoms with Crippen LogP contribution < -0.4 is 9.47 Å². The van der Waals surface area contributed by atoms with E-state index in [-0.39, 0.29) is 39.3 Å². The Morgan fingerprint density at radius 1 is 0.500 bits per heavy atom. The number of aliphatic hydroxyl groups is 2. The third-order valence-electron chi connectivity index (χ3n) is 9.22. The quantitative estimate of drug-likeness (QED) is 0.104. The maximum atomic E-state index is 12.1. The normalized spacial score (nSPS) is 22.1. The van der Waals surface area contributed by atoms with Crippen molar-refractivity contribution in [2.75, 3.05) is 0 Å². The van der Waals surface area contributed by atoms with Crippen molar-refractivity contribution in [2.45, 2.75) is 41.3 Å². The number of phenols is 10. The van der Waals surface area contributed by atoms with Gasteiger partial charge in [0, 0.05) is 46.2 Å². The lowest BCUT2D eigenvalue weighted by molar-refractivity contribution is 0.00549. The lowest BCUT2D eigenvalue weighted by atomic mass is 9.77. The first-order valence-corrected chi connectivity index (χ1v) is 16.8. The lowest BCUT2D eigenvalue weighted by Gasteiger charge is -2.40. The molecule has 14 nitrogen and oxygen atoms in total. The van der Waals surface area contributed by atoms with Crippen LogP contribution in [0.25, 0.3) is 0 Å². The Labute approximate surface area is 298 Å². The molecule has 6 atom stereocenters. The van der Waals surface area contributed by atoms with E-state index in [1.54, 1.807) is 0 Å². The molecule has 5 aromatic carbocycles. The maximum Gasteiger partial charge on any atom is 0.200 e. The van der Waals surface area contributed by atoms with Crippen molar-refractivity contribution in [3.63, 3.8) is 0 Å². The molecule has 0 aliphatic carbocycles. The fourth-order valence-electron chi connectivity index (χ4n) is 6.80. The fourth-order valence-corrected chi connectivity index (χ4v) is 8.10. The lowest BCUT2D eigenvalue weighted by Crippen LogP contribution is -2.36. The first-order valence-electron chi connectivity index (χ1n) is 15.7. The Hall–Kier alpha value is -6.03. The minimum atomic E-state index is -1.79. The highest BCUT2D eigenvalue weighted by molar-refractivity contribution is 7.98. The summed E-state index contributed by atoms with van der Waals surface area (Å²) in [6.07, 6.45) is -6.08. The van der Waals surface area contributed by atoms with Crippen molar-refractivity contribution in [1.82, 2.24) is 0 Å². The summed E-state index contributed by atoms with van der Waals surface area (Å²) in [4.78, 5) is 0. The van der Waals surface area contributed by atoms with E-state index in [1.165, 1.54) is 11.8 Å². The molecule has 2 aliphatic rings. The molecule has 0 aromatic heterocycles. The van der Waals surface area contributed by atoms with E-state index in [4.69, 9.17) is 9.47 Å². The van der Waals surface area contributed by atoms with Gasteiger partial charge in [-0.05, 0) is 29.8 Å². The molecule has 15 heteroatoms. The molecule has 0 bridgehead atoms. The number of aliphatic hydroxyl groups excluding tert-OH is 2. The van der Waals surface area contributed by atoms with Crippen LogP contribution in [0, 0.1) is 0 Å². The summed E-state index contributed by atoms with van der Waals surface area (Å²) >= 11 is 1.19. The highest BCUT2D eigenvalue weighted by Crippen LogP contribution is 2.60. The van der Waals surface area contributed by atoms with Gasteiger partial charge in [-0.15, -0.1) is 11.8 Å². The topological polar surface area (TPSA) is 261 Å². The number of aromatic hydroxyl groups is 10. The summed E-state index contributed by atoms with van der Waals surface area (Å²) in [5.41, 5.74) is 0.339. The number of phenolic OH excluding ortho intramolecular Hbond substituents is 10. The largest absolute Gasteiger partial charge is 0.508 e. The van der Waals surface area contributed by atoms with Gasteiger partial charge < -0.3 is 70.8 Å². The first-order chi connectivity index (χ1) is 24.7. The first kappa shape index (κ1) is 34.4. The van der Waals surface area contributed by atoms with Gasteiger partial charge in [0.05, 0.1) is 16.7 Å². The monoisotopic (exact) mass is 732 g/mol. The zero-order valence-electron chi connectivity index (χ0n) is 26.7. The van der Waals surface area contributed by atoms with Gasteiger partial charge >= 0.3 is 0 Å². The molecule has 7 rings (SSSR count). The van der Waals surface area contributed by atoms with Gasteiger partial charge in [-0.1, -0.05) is 30.3 Å². The van der Waals surface area contributed by atoms with Crippen LogP contribution in [-0.4, -0.2) is 73.5 Å². The number of rotatable bonds is 6. The molecular formula is C37H32O14S. The molecule has 0 saturated carbocycles. The summed E-state index contributed by atoms with van der Waals surface area (Å²) in [5.74, 6) is -8.34. The van der Waals surface area contributed by atoms with E-state index in [0.717, 1.165) is 48.0 Å². The van der Waals surface area contributed by atoms with E-state index in [2.05, 4.69) is 0 Å². The van der Waals surface area contributed by atoms with Crippen molar-refractivity contribution in [3.05, 3.63) is 106 Å². The van der Waals surface area contributed by atoms with Gasteiger partial charge in [-0.25, -0.2) is 0 Å². The number of benzene rings is 5. The van der Waals surface area contributed by atoms with Gasteiger partial charge in [0.1, 0.15) is 46.7 Å². The van der Waals surface area contributed by atoms with Gasteiger partial charge in [0.25, 0.3) is 0 Å². The molecule has 0 saturated heterocycles. The van der Waals surface area contributed by atoms with Gasteiger partial charge in [0.15, 0.2) is 46.7 Å². The minimum Gasteiger partial charge on any atom is -0.508 e. The second-order valence-corrected chi connectivity index (χ2v) is 13.6. The summed E-state index contributed by atoms with van der Waals surface area (Å²) in [6.45, 7) is 0. The van der Waals surface area contributed by atoms with E-state index in [1.807, 2.05) is 30.3 Å². The molecule has 0 spiro atoms. The van der Waals surface area contributed by atoms with E-state index in [9.17, 15) is 61.3 Å². The number of hydrogen-bond donors (Lipinski definition) is 12. The summed E-state index contributed by atoms with van der Waals surface area (Å²) in [6, 6.07) is 16.6. The van der Waals surface area contributed by atoms with Crippen molar-refractivity contribution in [2.24, 2.45) is 0 Å². The molecule has 52 heavy (non-hydrogen) atoms. The summed E-state index contributed by atoms with van der Waals surface area (Å²) in [5, 5.41) is 129. The Kier molecular flexibility index (Phi) is 8.57. The molecule has 2 aliphatic heterocycles. The van der Waals surface area contributed by atoms with Gasteiger partial charge in [-0.2, -0.15) is 0 Å². The van der Waals surface area contributed by atoms with Crippen LogP contribution in [0.3, 0.4) is 0 Å². The number of fused-ring (bicyclic) bond motifs is 2. The van der Waals surface area contributed by atoms with Crippen LogP contribution in [0.4, 0.5) is 0 Å². The second kappa shape index (κ2) is 12.9. The van der Waals surface area contributed by atoms with E-state index in [0.29, 0.717) is 5.75 Å². The maximum absolute atomic E-state index is 12.1. The zero-order valence-corrected chi connectivity index (χ0v) is 27.5. The fraction of sp³-hybridized carbons (Fsp3) is 0.189. The average Bonchev–Trinajstić information content (AvgIpc) is 3.09.